The van der Waals surface area contributed by atoms with Gasteiger partial charge in [-0.15, -0.1) is 0 Å². The molecular weight excluding hydrogens is 210 g/mol. The Morgan fingerprint density at radius 2 is 2.18 bits per heavy atom. The summed E-state index contributed by atoms with van der Waals surface area (Å²) >= 11 is 0. The number of nitrogens with one attached hydrogen (secondary N) is 1. The van der Waals surface area contributed by atoms with Crippen LogP contribution < -0.4 is 5.32 Å². The Bertz CT molecular complexity index is 555. The van der Waals surface area contributed by atoms with Crippen molar-refractivity contribution in [2.24, 2.45) is 0 Å². The van der Waals surface area contributed by atoms with E-state index in [-0.39, 0.29) is 0 Å². The second-order valence-corrected chi connectivity index (χ2v) is 3.85. The Morgan fingerprint density at radius 3 is 2.94 bits per heavy atom. The summed E-state index contributed by atoms with van der Waals surface area (Å²) in [4.78, 5) is 4.14. The zero-order valence-corrected chi connectivity index (χ0v) is 9.64. The van der Waals surface area contributed by atoms with Gasteiger partial charge in [0.05, 0.1) is 11.6 Å². The van der Waals surface area contributed by atoms with Crippen molar-refractivity contribution >= 4 is 5.69 Å². The first kappa shape index (κ1) is 11.2. The Morgan fingerprint density at radius 1 is 1.29 bits per heavy atom. The van der Waals surface area contributed by atoms with Gasteiger partial charge in [-0.3, -0.25) is 4.98 Å². The van der Waals surface area contributed by atoms with Gasteiger partial charge in [-0.05, 0) is 36.8 Å². The maximum Gasteiger partial charge on any atom is 0.0991 e. The SMILES string of the molecule is Cc1cc(NCc2cccc(C#N)c2)ccn1. The van der Waals surface area contributed by atoms with E-state index >= 15 is 0 Å². The molecule has 0 amide bonds. The lowest BCUT2D eigenvalue weighted by atomic mass is 10.1. The highest BCUT2D eigenvalue weighted by atomic mass is 14.9. The first-order valence-electron chi connectivity index (χ1n) is 5.43. The van der Waals surface area contributed by atoms with Crippen molar-refractivity contribution in [1.29, 1.82) is 5.26 Å². The molecule has 0 aliphatic carbocycles. The van der Waals surface area contributed by atoms with Crippen LogP contribution in [0.25, 0.3) is 0 Å². The van der Waals surface area contributed by atoms with Gasteiger partial charge in [0, 0.05) is 24.1 Å². The zero-order chi connectivity index (χ0) is 12.1. The maximum absolute atomic E-state index is 8.81. The molecule has 0 spiro atoms. The Kier molecular flexibility index (Phi) is 3.37. The van der Waals surface area contributed by atoms with Crippen LogP contribution in [0.4, 0.5) is 5.69 Å². The van der Waals surface area contributed by atoms with Crippen molar-refractivity contribution in [2.45, 2.75) is 13.5 Å². The monoisotopic (exact) mass is 223 g/mol. The molecule has 1 N–H and O–H groups in total. The molecular formula is C14H13N3. The normalized spacial score (nSPS) is 9.65. The van der Waals surface area contributed by atoms with Crippen molar-refractivity contribution in [3.8, 4) is 6.07 Å². The van der Waals surface area contributed by atoms with Gasteiger partial charge in [-0.25, -0.2) is 0 Å². The average Bonchev–Trinajstić information content (AvgIpc) is 2.37. The summed E-state index contributed by atoms with van der Waals surface area (Å²) in [6.07, 6.45) is 1.78. The van der Waals surface area contributed by atoms with Crippen LogP contribution in [0.2, 0.25) is 0 Å². The van der Waals surface area contributed by atoms with E-state index in [0.29, 0.717) is 12.1 Å². The van der Waals surface area contributed by atoms with E-state index < -0.39 is 0 Å². The number of rotatable bonds is 3. The van der Waals surface area contributed by atoms with Crippen molar-refractivity contribution in [3.63, 3.8) is 0 Å². The van der Waals surface area contributed by atoms with Crippen LogP contribution >= 0.6 is 0 Å². The standard InChI is InChI=1S/C14H13N3/c1-11-7-14(5-6-16-11)17-10-13-4-2-3-12(8-13)9-15/h2-8H,10H2,1H3,(H,16,17). The number of anilines is 1. The fourth-order valence-electron chi connectivity index (χ4n) is 1.61. The van der Waals surface area contributed by atoms with Crippen LogP contribution in [0.15, 0.2) is 42.6 Å². The minimum Gasteiger partial charge on any atom is -0.381 e. The molecule has 0 aliphatic rings. The third-order valence-corrected chi connectivity index (χ3v) is 2.45. The molecule has 0 saturated carbocycles. The molecule has 0 fully saturated rings. The fraction of sp³-hybridized carbons (Fsp3) is 0.143. The molecule has 84 valence electrons. The second-order valence-electron chi connectivity index (χ2n) is 3.85. The topological polar surface area (TPSA) is 48.7 Å². The van der Waals surface area contributed by atoms with Crippen LogP contribution in [0.3, 0.4) is 0 Å². The summed E-state index contributed by atoms with van der Waals surface area (Å²) in [7, 11) is 0. The molecule has 0 aliphatic heterocycles. The van der Waals surface area contributed by atoms with Gasteiger partial charge in [-0.2, -0.15) is 5.26 Å². The molecule has 17 heavy (non-hydrogen) atoms. The number of pyridine rings is 1. The predicted molar refractivity (Wildman–Crippen MR) is 67.5 cm³/mol. The fourth-order valence-corrected chi connectivity index (χ4v) is 1.61. The van der Waals surface area contributed by atoms with Crippen LogP contribution in [0, 0.1) is 18.3 Å². The van der Waals surface area contributed by atoms with Crippen molar-refractivity contribution < 1.29 is 0 Å². The molecule has 0 saturated heterocycles. The minimum atomic E-state index is 0.690. The van der Waals surface area contributed by atoms with Gasteiger partial charge in [0.1, 0.15) is 0 Å². The predicted octanol–water partition coefficient (Wildman–Crippen LogP) is 2.87. The molecule has 0 unspecified atom stereocenters. The first-order chi connectivity index (χ1) is 8.28. The van der Waals surface area contributed by atoms with Crippen LogP contribution in [-0.2, 0) is 6.54 Å². The number of nitrogens with zero attached hydrogens (tertiary/aromatic N) is 2. The molecule has 3 heteroatoms. The van der Waals surface area contributed by atoms with Crippen LogP contribution in [0.1, 0.15) is 16.8 Å². The number of benzene rings is 1. The lowest BCUT2D eigenvalue weighted by molar-refractivity contribution is 1.12. The summed E-state index contributed by atoms with van der Waals surface area (Å²) in [5, 5.41) is 12.1. The smallest absolute Gasteiger partial charge is 0.0991 e. The van der Waals surface area contributed by atoms with Gasteiger partial charge < -0.3 is 5.32 Å². The average molecular weight is 223 g/mol. The molecule has 0 atom stereocenters. The second kappa shape index (κ2) is 5.13. The van der Waals surface area contributed by atoms with Crippen molar-refractivity contribution in [2.75, 3.05) is 5.32 Å². The number of aryl methyl sites for hydroxylation is 1. The lowest BCUT2D eigenvalue weighted by Crippen LogP contribution is -2.00. The number of aromatic nitrogens is 1. The van der Waals surface area contributed by atoms with Gasteiger partial charge in [0.2, 0.25) is 0 Å². The van der Waals surface area contributed by atoms with Crippen LogP contribution in [-0.4, -0.2) is 4.98 Å². The minimum absolute atomic E-state index is 0.690. The van der Waals surface area contributed by atoms with Gasteiger partial charge in [0.25, 0.3) is 0 Å². The summed E-state index contributed by atoms with van der Waals surface area (Å²) in [5.74, 6) is 0. The summed E-state index contributed by atoms with van der Waals surface area (Å²) in [5.41, 5.74) is 3.81. The highest BCUT2D eigenvalue weighted by Gasteiger charge is 1.96. The number of hydrogen-bond acceptors (Lipinski definition) is 3. The summed E-state index contributed by atoms with van der Waals surface area (Å²) < 4.78 is 0. The third-order valence-electron chi connectivity index (χ3n) is 2.45. The molecule has 3 nitrogen and oxygen atoms in total. The van der Waals surface area contributed by atoms with Gasteiger partial charge in [0.15, 0.2) is 0 Å². The Hall–Kier alpha value is -2.34. The summed E-state index contributed by atoms with van der Waals surface area (Å²) in [6.45, 7) is 2.67. The zero-order valence-electron chi connectivity index (χ0n) is 9.64. The van der Waals surface area contributed by atoms with Crippen LogP contribution in [0.5, 0.6) is 0 Å². The van der Waals surface area contributed by atoms with Crippen molar-refractivity contribution in [1.82, 2.24) is 4.98 Å². The van der Waals surface area contributed by atoms with Crippen molar-refractivity contribution in [3.05, 3.63) is 59.4 Å². The summed E-state index contributed by atoms with van der Waals surface area (Å²) in [6, 6.07) is 13.7. The molecule has 0 bridgehead atoms. The quantitative estimate of drug-likeness (QED) is 0.870. The van der Waals surface area contributed by atoms with E-state index in [0.717, 1.165) is 16.9 Å². The highest BCUT2D eigenvalue weighted by molar-refractivity contribution is 5.44. The van der Waals surface area contributed by atoms with Gasteiger partial charge in [-0.1, -0.05) is 12.1 Å². The van der Waals surface area contributed by atoms with E-state index in [1.54, 1.807) is 12.3 Å². The largest absolute Gasteiger partial charge is 0.381 e. The maximum atomic E-state index is 8.81. The van der Waals surface area contributed by atoms with E-state index in [2.05, 4.69) is 16.4 Å². The Balaban J connectivity index is 2.05. The molecule has 1 aromatic heterocycles. The third kappa shape index (κ3) is 3.05. The molecule has 1 heterocycles. The lowest BCUT2D eigenvalue weighted by Gasteiger charge is -2.07. The van der Waals surface area contributed by atoms with E-state index in [1.807, 2.05) is 37.3 Å². The Labute approximate surface area is 101 Å². The highest BCUT2D eigenvalue weighted by Crippen LogP contribution is 2.10. The first-order valence-corrected chi connectivity index (χ1v) is 5.43. The molecule has 2 aromatic rings. The van der Waals surface area contributed by atoms with E-state index in [9.17, 15) is 0 Å². The molecule has 1 aromatic carbocycles. The molecule has 0 radical (unpaired) electrons. The van der Waals surface area contributed by atoms with E-state index in [1.165, 1.54) is 0 Å². The number of hydrogen-bond donors (Lipinski definition) is 1. The number of nitriles is 1. The molecule has 2 rings (SSSR count). The van der Waals surface area contributed by atoms with E-state index in [4.69, 9.17) is 5.26 Å². The van der Waals surface area contributed by atoms with Gasteiger partial charge >= 0.3 is 0 Å².